The first kappa shape index (κ1) is 21.0. The molecule has 2 aromatic rings. The van der Waals surface area contributed by atoms with Crippen molar-refractivity contribution in [3.05, 3.63) is 51.5 Å². The molecular weight excluding hydrogens is 465 g/mol. The third kappa shape index (κ3) is 2.42. The van der Waals surface area contributed by atoms with Crippen LogP contribution in [-0.4, -0.2) is 42.3 Å². The highest BCUT2D eigenvalue weighted by Crippen LogP contribution is 2.61. The standard InChI is InChI=1S/C24H21Cl2N3O4/c1-11-14(26)7-6-13-20(11)27-23(32)24(13)19-18(15-4-3-9-28(15)24)21(30)29(22(19)31)16-10-12(25)5-8-17(16)33-2/h5-8,10,15,18-19H,3-4,9H2,1-2H3,(H,27,32)/t15-,18+,19+,24-/m0/s1. The Bertz CT molecular complexity index is 1260. The van der Waals surface area contributed by atoms with Crippen LogP contribution in [0, 0.1) is 18.8 Å². The van der Waals surface area contributed by atoms with E-state index in [1.54, 1.807) is 24.3 Å². The lowest BCUT2D eigenvalue weighted by molar-refractivity contribution is -0.135. The van der Waals surface area contributed by atoms with Gasteiger partial charge in [0.15, 0.2) is 0 Å². The average molecular weight is 486 g/mol. The number of ether oxygens (including phenoxy) is 1. The van der Waals surface area contributed by atoms with Crippen molar-refractivity contribution in [3.8, 4) is 5.75 Å². The number of nitrogens with one attached hydrogen (secondary N) is 1. The van der Waals surface area contributed by atoms with Crippen molar-refractivity contribution in [1.29, 1.82) is 0 Å². The van der Waals surface area contributed by atoms with Crippen molar-refractivity contribution in [2.75, 3.05) is 23.9 Å². The molecule has 0 aliphatic carbocycles. The molecule has 1 spiro atoms. The lowest BCUT2D eigenvalue weighted by Crippen LogP contribution is -2.54. The van der Waals surface area contributed by atoms with E-state index in [0.717, 1.165) is 24.0 Å². The van der Waals surface area contributed by atoms with Gasteiger partial charge in [0.25, 0.3) is 0 Å². The summed E-state index contributed by atoms with van der Waals surface area (Å²) in [5.74, 6) is -2.10. The molecule has 4 aliphatic heterocycles. The normalized spacial score (nSPS) is 30.1. The van der Waals surface area contributed by atoms with E-state index in [-0.39, 0.29) is 17.9 Å². The second-order valence-electron chi connectivity index (χ2n) is 9.05. The molecule has 0 unspecified atom stereocenters. The van der Waals surface area contributed by atoms with Gasteiger partial charge in [-0.25, -0.2) is 4.90 Å². The van der Waals surface area contributed by atoms with Gasteiger partial charge in [-0.05, 0) is 56.1 Å². The summed E-state index contributed by atoms with van der Waals surface area (Å²) in [7, 11) is 1.48. The molecule has 7 nitrogen and oxygen atoms in total. The lowest BCUT2D eigenvalue weighted by atomic mass is 9.75. The van der Waals surface area contributed by atoms with E-state index in [1.165, 1.54) is 12.0 Å². The number of methoxy groups -OCH3 is 1. The smallest absolute Gasteiger partial charge is 0.250 e. The number of carbonyl (C=O) groups is 3. The van der Waals surface area contributed by atoms with Crippen LogP contribution in [-0.2, 0) is 19.9 Å². The monoisotopic (exact) mass is 485 g/mol. The summed E-state index contributed by atoms with van der Waals surface area (Å²) in [5.41, 5.74) is 1.17. The number of hydrogen-bond acceptors (Lipinski definition) is 5. The van der Waals surface area contributed by atoms with Crippen LogP contribution >= 0.6 is 23.2 Å². The van der Waals surface area contributed by atoms with Crippen molar-refractivity contribution in [2.24, 2.45) is 11.8 Å². The van der Waals surface area contributed by atoms with Gasteiger partial charge in [-0.2, -0.15) is 0 Å². The summed E-state index contributed by atoms with van der Waals surface area (Å²) in [6.07, 6.45) is 1.60. The zero-order valence-electron chi connectivity index (χ0n) is 18.0. The fraction of sp³-hybridized carbons (Fsp3) is 0.375. The van der Waals surface area contributed by atoms with Gasteiger partial charge in [-0.3, -0.25) is 19.3 Å². The summed E-state index contributed by atoms with van der Waals surface area (Å²) >= 11 is 12.6. The number of halogens is 2. The first-order valence-electron chi connectivity index (χ1n) is 10.9. The molecule has 0 saturated carbocycles. The number of fused-ring (bicyclic) bond motifs is 7. The second-order valence-corrected chi connectivity index (χ2v) is 9.89. The predicted octanol–water partition coefficient (Wildman–Crippen LogP) is 3.74. The van der Waals surface area contributed by atoms with E-state index in [1.807, 2.05) is 13.0 Å². The van der Waals surface area contributed by atoms with Gasteiger partial charge >= 0.3 is 0 Å². The van der Waals surface area contributed by atoms with E-state index in [9.17, 15) is 14.4 Å². The zero-order chi connectivity index (χ0) is 23.2. The number of benzene rings is 2. The summed E-state index contributed by atoms with van der Waals surface area (Å²) in [5, 5.41) is 3.92. The van der Waals surface area contributed by atoms with Crippen LogP contribution in [0.5, 0.6) is 5.75 Å². The highest BCUT2D eigenvalue weighted by atomic mass is 35.5. The Labute approximate surface area is 200 Å². The number of hydrogen-bond donors (Lipinski definition) is 1. The van der Waals surface area contributed by atoms with Gasteiger partial charge in [-0.15, -0.1) is 0 Å². The second kappa shape index (κ2) is 6.95. The Morgan fingerprint density at radius 3 is 2.67 bits per heavy atom. The van der Waals surface area contributed by atoms with E-state index < -0.39 is 23.3 Å². The first-order chi connectivity index (χ1) is 15.8. The van der Waals surface area contributed by atoms with E-state index in [4.69, 9.17) is 27.9 Å². The van der Waals surface area contributed by atoms with Gasteiger partial charge in [0.05, 0.1) is 30.3 Å². The van der Waals surface area contributed by atoms with Crippen LogP contribution in [0.15, 0.2) is 30.3 Å². The molecule has 2 aromatic carbocycles. The molecule has 4 heterocycles. The lowest BCUT2D eigenvalue weighted by Gasteiger charge is -2.36. The maximum atomic E-state index is 14.1. The quantitative estimate of drug-likeness (QED) is 0.655. The van der Waals surface area contributed by atoms with E-state index >= 15 is 0 Å². The number of nitrogens with zero attached hydrogens (tertiary/aromatic N) is 2. The summed E-state index contributed by atoms with van der Waals surface area (Å²) in [6, 6.07) is 8.21. The Morgan fingerprint density at radius 1 is 1.12 bits per heavy atom. The Kier molecular flexibility index (Phi) is 4.41. The third-order valence-electron chi connectivity index (χ3n) is 7.74. The fourth-order valence-corrected chi connectivity index (χ4v) is 6.79. The van der Waals surface area contributed by atoms with Crippen LogP contribution in [0.3, 0.4) is 0 Å². The topological polar surface area (TPSA) is 79.0 Å². The minimum atomic E-state index is -1.25. The van der Waals surface area contributed by atoms with Crippen LogP contribution < -0.4 is 15.0 Å². The molecule has 3 fully saturated rings. The van der Waals surface area contributed by atoms with Crippen LogP contribution in [0.1, 0.15) is 24.0 Å². The largest absolute Gasteiger partial charge is 0.495 e. The molecule has 0 aromatic heterocycles. The molecule has 1 N–H and O–H groups in total. The van der Waals surface area contributed by atoms with Gasteiger partial charge in [-0.1, -0.05) is 29.3 Å². The molecule has 4 aliphatic rings. The molecule has 9 heteroatoms. The number of imide groups is 1. The predicted molar refractivity (Wildman–Crippen MR) is 124 cm³/mol. The minimum absolute atomic E-state index is 0.200. The zero-order valence-corrected chi connectivity index (χ0v) is 19.5. The van der Waals surface area contributed by atoms with Crippen LogP contribution in [0.4, 0.5) is 11.4 Å². The Morgan fingerprint density at radius 2 is 1.91 bits per heavy atom. The van der Waals surface area contributed by atoms with Crippen molar-refractivity contribution in [3.63, 3.8) is 0 Å². The molecule has 3 saturated heterocycles. The van der Waals surface area contributed by atoms with Gasteiger partial charge in [0.2, 0.25) is 17.7 Å². The Balaban J connectivity index is 1.57. The van der Waals surface area contributed by atoms with Crippen LogP contribution in [0.25, 0.3) is 0 Å². The molecule has 0 bridgehead atoms. The molecule has 6 rings (SSSR count). The third-order valence-corrected chi connectivity index (χ3v) is 8.39. The van der Waals surface area contributed by atoms with Gasteiger partial charge in [0, 0.05) is 21.7 Å². The SMILES string of the molecule is COc1ccc(Cl)cc1N1C(=O)[C@@H]2[C@@H]3CCCN3[C@]3(C(=O)Nc4c3ccc(Cl)c4C)[C@H]2C1=O. The average Bonchev–Trinajstić information content (AvgIpc) is 3.49. The van der Waals surface area contributed by atoms with Crippen molar-refractivity contribution < 1.29 is 19.1 Å². The van der Waals surface area contributed by atoms with Gasteiger partial charge < -0.3 is 10.1 Å². The number of amides is 3. The van der Waals surface area contributed by atoms with E-state index in [0.29, 0.717) is 33.7 Å². The summed E-state index contributed by atoms with van der Waals surface area (Å²) < 4.78 is 5.43. The maximum Gasteiger partial charge on any atom is 0.250 e. The van der Waals surface area contributed by atoms with Crippen molar-refractivity contribution in [1.82, 2.24) is 4.90 Å². The summed E-state index contributed by atoms with van der Waals surface area (Å²) in [4.78, 5) is 44.9. The molecule has 0 radical (unpaired) electrons. The number of carbonyl (C=O) groups excluding carboxylic acids is 3. The Hall–Kier alpha value is -2.61. The van der Waals surface area contributed by atoms with Crippen molar-refractivity contribution >= 4 is 52.3 Å². The van der Waals surface area contributed by atoms with Crippen LogP contribution in [0.2, 0.25) is 10.0 Å². The number of anilines is 2. The number of rotatable bonds is 2. The van der Waals surface area contributed by atoms with Gasteiger partial charge in [0.1, 0.15) is 11.3 Å². The molecule has 33 heavy (non-hydrogen) atoms. The van der Waals surface area contributed by atoms with Crippen molar-refractivity contribution in [2.45, 2.75) is 31.3 Å². The van der Waals surface area contributed by atoms with E-state index in [2.05, 4.69) is 10.2 Å². The molecule has 4 atom stereocenters. The highest BCUT2D eigenvalue weighted by molar-refractivity contribution is 6.33. The fourth-order valence-electron chi connectivity index (χ4n) is 6.47. The highest BCUT2D eigenvalue weighted by Gasteiger charge is 2.74. The first-order valence-corrected chi connectivity index (χ1v) is 11.7. The molecule has 170 valence electrons. The molecular formula is C24H21Cl2N3O4. The summed E-state index contributed by atoms with van der Waals surface area (Å²) in [6.45, 7) is 2.49. The molecule has 3 amide bonds. The maximum absolute atomic E-state index is 14.1. The minimum Gasteiger partial charge on any atom is -0.495 e.